The monoisotopic (exact) mass is 354 g/mol. The number of ether oxygens (including phenoxy) is 1. The van der Waals surface area contributed by atoms with Crippen molar-refractivity contribution in [1.29, 1.82) is 0 Å². The minimum atomic E-state index is 0. The maximum Gasteiger partial charge on any atom is 0.118 e. The number of fused-ring (bicyclic) bond motifs is 3. The Hall–Kier alpha value is -2.26. The normalized spacial score (nSPS) is 13.2. The maximum absolute atomic E-state index is 5.24. The summed E-state index contributed by atoms with van der Waals surface area (Å²) in [5.41, 5.74) is 3.93. The summed E-state index contributed by atoms with van der Waals surface area (Å²) in [6.07, 6.45) is 5.31. The predicted molar refractivity (Wildman–Crippen MR) is 106 cm³/mol. The number of methoxy groups -OCH3 is 1. The van der Waals surface area contributed by atoms with Crippen molar-refractivity contribution in [2.45, 2.75) is 19.3 Å². The Morgan fingerprint density at radius 2 is 1.88 bits per heavy atom. The van der Waals surface area contributed by atoms with E-state index >= 15 is 0 Å². The highest BCUT2D eigenvalue weighted by Crippen LogP contribution is 2.33. The number of aryl methyl sites for hydroxylation is 1. The summed E-state index contributed by atoms with van der Waals surface area (Å²) in [7, 11) is 1.71. The topological polar surface area (TPSA) is 25.4 Å². The first-order valence-electron chi connectivity index (χ1n) is 8.59. The van der Waals surface area contributed by atoms with E-state index in [1.165, 1.54) is 34.1 Å². The summed E-state index contributed by atoms with van der Waals surface area (Å²) < 4.78 is 5.24. The lowest BCUT2D eigenvalue weighted by molar-refractivity contribution is 0.414. The van der Waals surface area contributed by atoms with Crippen LogP contribution in [0.5, 0.6) is 5.75 Å². The number of hydrogen-bond donors (Lipinski definition) is 0. The van der Waals surface area contributed by atoms with Crippen LogP contribution < -0.4 is 9.64 Å². The van der Waals surface area contributed by atoms with Crippen molar-refractivity contribution >= 4 is 28.9 Å². The first-order valence-corrected chi connectivity index (χ1v) is 8.59. The lowest BCUT2D eigenvalue weighted by Crippen LogP contribution is -2.32. The number of nitrogens with zero attached hydrogens (tertiary/aromatic N) is 2. The second-order valence-electron chi connectivity index (χ2n) is 6.33. The molecule has 0 saturated carbocycles. The van der Waals surface area contributed by atoms with Gasteiger partial charge >= 0.3 is 0 Å². The Labute approximate surface area is 155 Å². The van der Waals surface area contributed by atoms with Crippen molar-refractivity contribution in [3.8, 4) is 5.75 Å². The molecule has 3 nitrogen and oxygen atoms in total. The predicted octanol–water partition coefficient (Wildman–Crippen LogP) is 4.66. The van der Waals surface area contributed by atoms with Crippen LogP contribution in [0.1, 0.15) is 17.7 Å². The van der Waals surface area contributed by atoms with E-state index < -0.39 is 0 Å². The molecule has 0 atom stereocenters. The summed E-state index contributed by atoms with van der Waals surface area (Å²) in [5, 5.41) is 2.56. The van der Waals surface area contributed by atoms with Crippen molar-refractivity contribution in [3.63, 3.8) is 0 Å². The van der Waals surface area contributed by atoms with Crippen LogP contribution in [0.3, 0.4) is 0 Å². The van der Waals surface area contributed by atoms with E-state index in [-0.39, 0.29) is 12.4 Å². The van der Waals surface area contributed by atoms with Crippen molar-refractivity contribution in [1.82, 2.24) is 4.98 Å². The Kier molecular flexibility index (Phi) is 5.44. The number of aromatic nitrogens is 1. The van der Waals surface area contributed by atoms with Crippen LogP contribution in [0.15, 0.2) is 54.7 Å². The number of halogens is 1. The zero-order chi connectivity index (χ0) is 16.4. The number of rotatable bonds is 4. The molecule has 0 unspecified atom stereocenters. The Morgan fingerprint density at radius 1 is 1.08 bits per heavy atom. The number of anilines is 1. The summed E-state index contributed by atoms with van der Waals surface area (Å²) in [6, 6.07) is 17.0. The van der Waals surface area contributed by atoms with Gasteiger partial charge in [0, 0.05) is 30.1 Å². The molecule has 4 rings (SSSR count). The standard InChI is InChI=1S/C21H22N2O.ClH/c1-24-18-10-8-16(9-11-18)12-14-23-13-4-7-20-21(23)19-6-3-2-5-17(19)15-22-20;/h2-3,5-6,8-11,15H,4,7,12-14H2,1H3;1H. The van der Waals surface area contributed by atoms with Crippen molar-refractivity contribution in [2.24, 2.45) is 0 Å². The molecule has 0 bridgehead atoms. The van der Waals surface area contributed by atoms with Gasteiger partial charge in [0.15, 0.2) is 0 Å². The van der Waals surface area contributed by atoms with Gasteiger partial charge in [-0.15, -0.1) is 12.4 Å². The molecular formula is C21H23ClN2O. The third kappa shape index (κ3) is 3.57. The summed E-state index contributed by atoms with van der Waals surface area (Å²) in [4.78, 5) is 7.23. The zero-order valence-electron chi connectivity index (χ0n) is 14.4. The highest BCUT2D eigenvalue weighted by atomic mass is 35.5. The van der Waals surface area contributed by atoms with E-state index in [1.807, 2.05) is 18.3 Å². The van der Waals surface area contributed by atoms with Crippen molar-refractivity contribution in [2.75, 3.05) is 25.1 Å². The lowest BCUT2D eigenvalue weighted by Gasteiger charge is -2.32. The lowest BCUT2D eigenvalue weighted by atomic mass is 10.0. The molecule has 0 aliphatic carbocycles. The molecule has 4 heteroatoms. The van der Waals surface area contributed by atoms with Gasteiger partial charge in [0.05, 0.1) is 18.5 Å². The summed E-state index contributed by atoms with van der Waals surface area (Å²) >= 11 is 0. The first kappa shape index (κ1) is 17.6. The van der Waals surface area contributed by atoms with Gasteiger partial charge in [0.1, 0.15) is 5.75 Å². The fourth-order valence-electron chi connectivity index (χ4n) is 3.55. The van der Waals surface area contributed by atoms with Gasteiger partial charge in [-0.2, -0.15) is 0 Å². The largest absolute Gasteiger partial charge is 0.497 e. The van der Waals surface area contributed by atoms with Crippen LogP contribution in [0.2, 0.25) is 0 Å². The minimum Gasteiger partial charge on any atom is -0.497 e. The minimum absolute atomic E-state index is 0. The molecule has 2 heterocycles. The highest BCUT2D eigenvalue weighted by Gasteiger charge is 2.20. The maximum atomic E-state index is 5.24. The molecule has 0 fully saturated rings. The van der Waals surface area contributed by atoms with Crippen LogP contribution in [0.25, 0.3) is 10.8 Å². The van der Waals surface area contributed by atoms with E-state index in [1.54, 1.807) is 7.11 Å². The van der Waals surface area contributed by atoms with Gasteiger partial charge in [-0.05, 0) is 37.0 Å². The van der Waals surface area contributed by atoms with Gasteiger partial charge in [-0.3, -0.25) is 4.98 Å². The second-order valence-corrected chi connectivity index (χ2v) is 6.33. The summed E-state index contributed by atoms with van der Waals surface area (Å²) in [5.74, 6) is 0.914. The molecule has 0 amide bonds. The Bertz CT molecular complexity index is 848. The van der Waals surface area contributed by atoms with Crippen LogP contribution >= 0.6 is 12.4 Å². The average Bonchev–Trinajstić information content (AvgIpc) is 2.66. The Morgan fingerprint density at radius 3 is 2.68 bits per heavy atom. The van der Waals surface area contributed by atoms with E-state index in [9.17, 15) is 0 Å². The van der Waals surface area contributed by atoms with Gasteiger partial charge in [-0.1, -0.05) is 36.4 Å². The Balaban J connectivity index is 0.00000182. The number of benzene rings is 2. The van der Waals surface area contributed by atoms with Gasteiger partial charge < -0.3 is 9.64 Å². The van der Waals surface area contributed by atoms with E-state index in [2.05, 4.69) is 41.3 Å². The zero-order valence-corrected chi connectivity index (χ0v) is 15.3. The smallest absolute Gasteiger partial charge is 0.118 e. The van der Waals surface area contributed by atoms with Gasteiger partial charge in [0.25, 0.3) is 0 Å². The third-order valence-electron chi connectivity index (χ3n) is 4.84. The van der Waals surface area contributed by atoms with E-state index in [0.717, 1.165) is 31.7 Å². The first-order chi connectivity index (χ1) is 11.8. The molecule has 2 aromatic carbocycles. The van der Waals surface area contributed by atoms with Crippen LogP contribution in [0, 0.1) is 0 Å². The van der Waals surface area contributed by atoms with E-state index in [4.69, 9.17) is 9.72 Å². The molecule has 1 aliphatic heterocycles. The third-order valence-corrected chi connectivity index (χ3v) is 4.84. The molecule has 3 aromatic rings. The van der Waals surface area contributed by atoms with Gasteiger partial charge in [0.2, 0.25) is 0 Å². The average molecular weight is 355 g/mol. The van der Waals surface area contributed by atoms with Crippen LogP contribution in [0.4, 0.5) is 5.69 Å². The molecule has 1 aromatic heterocycles. The quantitative estimate of drug-likeness (QED) is 0.681. The molecule has 0 radical (unpaired) electrons. The molecule has 0 N–H and O–H groups in total. The fourth-order valence-corrected chi connectivity index (χ4v) is 3.55. The molecule has 130 valence electrons. The SMILES string of the molecule is COc1ccc(CCN2CCCc3ncc4ccccc4c32)cc1.Cl. The molecular weight excluding hydrogens is 332 g/mol. The molecule has 0 spiro atoms. The fraction of sp³-hybridized carbons (Fsp3) is 0.286. The summed E-state index contributed by atoms with van der Waals surface area (Å²) in [6.45, 7) is 2.13. The van der Waals surface area contributed by atoms with E-state index in [0.29, 0.717) is 0 Å². The van der Waals surface area contributed by atoms with Gasteiger partial charge in [-0.25, -0.2) is 0 Å². The van der Waals surface area contributed by atoms with Crippen molar-refractivity contribution < 1.29 is 4.74 Å². The second kappa shape index (κ2) is 7.75. The van der Waals surface area contributed by atoms with Crippen LogP contribution in [-0.2, 0) is 12.8 Å². The molecule has 25 heavy (non-hydrogen) atoms. The number of pyridine rings is 1. The van der Waals surface area contributed by atoms with Crippen molar-refractivity contribution in [3.05, 3.63) is 66.0 Å². The molecule has 1 aliphatic rings. The van der Waals surface area contributed by atoms with Crippen LogP contribution in [-0.4, -0.2) is 25.2 Å². The number of hydrogen-bond acceptors (Lipinski definition) is 3. The molecule has 0 saturated heterocycles. The highest BCUT2D eigenvalue weighted by molar-refractivity contribution is 5.95.